The minimum Gasteiger partial charge on any atom is -0.466 e. The zero-order valence-electron chi connectivity index (χ0n) is 20.0. The van der Waals surface area contributed by atoms with E-state index in [2.05, 4.69) is 0 Å². The Morgan fingerprint density at radius 3 is 2.26 bits per heavy atom. The summed E-state index contributed by atoms with van der Waals surface area (Å²) in [7, 11) is -0.900. The molecule has 3 rings (SSSR count). The maximum Gasteiger partial charge on any atom is 0.340 e. The van der Waals surface area contributed by atoms with E-state index in [0.29, 0.717) is 38.2 Å². The number of rotatable bonds is 8. The molecule has 0 atom stereocenters. The Kier molecular flexibility index (Phi) is 8.53. The lowest BCUT2D eigenvalue weighted by Gasteiger charge is -2.30. The zero-order valence-corrected chi connectivity index (χ0v) is 20.8. The SMILES string of the molecule is CCOC(=O)C1CCN(C(=O)COC(=O)c2cc(S(=O)(=O)N(C)C)ccc2N2CCCC2)CC1. The number of amides is 1. The van der Waals surface area contributed by atoms with Gasteiger partial charge in [-0.1, -0.05) is 0 Å². The summed E-state index contributed by atoms with van der Waals surface area (Å²) < 4.78 is 36.6. The first-order chi connectivity index (χ1) is 16.1. The fraction of sp³-hybridized carbons (Fsp3) is 0.609. The molecule has 0 radical (unpaired) electrons. The molecule has 0 spiro atoms. The Balaban J connectivity index is 1.68. The van der Waals surface area contributed by atoms with E-state index >= 15 is 0 Å². The summed E-state index contributed by atoms with van der Waals surface area (Å²) in [6, 6.07) is 4.43. The summed E-state index contributed by atoms with van der Waals surface area (Å²) in [6.07, 6.45) is 2.96. The monoisotopic (exact) mass is 495 g/mol. The molecule has 188 valence electrons. The van der Waals surface area contributed by atoms with Crippen LogP contribution in [0.1, 0.15) is 43.0 Å². The Bertz CT molecular complexity index is 1010. The van der Waals surface area contributed by atoms with Gasteiger partial charge >= 0.3 is 11.9 Å². The molecule has 2 saturated heterocycles. The van der Waals surface area contributed by atoms with Crippen molar-refractivity contribution in [3.05, 3.63) is 23.8 Å². The number of piperidine rings is 1. The lowest BCUT2D eigenvalue weighted by atomic mass is 9.97. The number of anilines is 1. The van der Waals surface area contributed by atoms with Crippen LogP contribution in [-0.2, 0) is 29.1 Å². The second-order valence-electron chi connectivity index (χ2n) is 8.64. The summed E-state index contributed by atoms with van der Waals surface area (Å²) in [4.78, 5) is 41.0. The molecule has 0 saturated carbocycles. The smallest absolute Gasteiger partial charge is 0.340 e. The van der Waals surface area contributed by atoms with Crippen molar-refractivity contribution in [2.45, 2.75) is 37.5 Å². The number of hydrogen-bond donors (Lipinski definition) is 0. The van der Waals surface area contributed by atoms with Gasteiger partial charge in [-0.2, -0.15) is 0 Å². The number of ether oxygens (including phenoxy) is 2. The molecule has 11 heteroatoms. The Morgan fingerprint density at radius 1 is 1.03 bits per heavy atom. The van der Waals surface area contributed by atoms with Crippen molar-refractivity contribution in [2.24, 2.45) is 5.92 Å². The third-order valence-corrected chi connectivity index (χ3v) is 8.02. The third kappa shape index (κ3) is 5.87. The fourth-order valence-corrected chi connectivity index (χ4v) is 5.13. The van der Waals surface area contributed by atoms with Crippen molar-refractivity contribution in [1.82, 2.24) is 9.21 Å². The molecule has 10 nitrogen and oxygen atoms in total. The number of benzene rings is 1. The van der Waals surface area contributed by atoms with Crippen LogP contribution in [-0.4, -0.2) is 89.0 Å². The molecule has 2 aliphatic rings. The van der Waals surface area contributed by atoms with E-state index in [0.717, 1.165) is 30.2 Å². The molecule has 2 fully saturated rings. The summed E-state index contributed by atoms with van der Waals surface area (Å²) in [5, 5.41) is 0. The maximum atomic E-state index is 13.0. The van der Waals surface area contributed by atoms with Crippen LogP contribution >= 0.6 is 0 Å². The van der Waals surface area contributed by atoms with Gasteiger partial charge in [0.05, 0.1) is 28.7 Å². The van der Waals surface area contributed by atoms with E-state index in [1.165, 1.54) is 26.2 Å². The molecule has 2 heterocycles. The minimum absolute atomic E-state index is 0.0141. The molecular formula is C23H33N3O7S. The first kappa shape index (κ1) is 26.0. The van der Waals surface area contributed by atoms with Gasteiger partial charge in [0, 0.05) is 40.3 Å². The van der Waals surface area contributed by atoms with Gasteiger partial charge in [0.1, 0.15) is 0 Å². The molecule has 1 aromatic carbocycles. The number of sulfonamides is 1. The predicted molar refractivity (Wildman–Crippen MR) is 125 cm³/mol. The second-order valence-corrected chi connectivity index (χ2v) is 10.8. The molecular weight excluding hydrogens is 462 g/mol. The summed E-state index contributed by atoms with van der Waals surface area (Å²) in [5.41, 5.74) is 0.724. The number of carbonyl (C=O) groups excluding carboxylic acids is 3. The highest BCUT2D eigenvalue weighted by molar-refractivity contribution is 7.89. The summed E-state index contributed by atoms with van der Waals surface area (Å²) in [5.74, 6) is -1.57. The van der Waals surface area contributed by atoms with E-state index < -0.39 is 22.6 Å². The van der Waals surface area contributed by atoms with Crippen LogP contribution in [0.4, 0.5) is 5.69 Å². The maximum absolute atomic E-state index is 13.0. The molecule has 0 bridgehead atoms. The van der Waals surface area contributed by atoms with Crippen LogP contribution in [0.2, 0.25) is 0 Å². The van der Waals surface area contributed by atoms with Crippen molar-refractivity contribution in [3.8, 4) is 0 Å². The van der Waals surface area contributed by atoms with Gasteiger partial charge in [0.25, 0.3) is 5.91 Å². The normalized spacial score (nSPS) is 17.2. The van der Waals surface area contributed by atoms with E-state index in [9.17, 15) is 22.8 Å². The minimum atomic E-state index is -3.74. The van der Waals surface area contributed by atoms with Gasteiger partial charge in [0.2, 0.25) is 10.0 Å². The predicted octanol–water partition coefficient (Wildman–Crippen LogP) is 1.50. The van der Waals surface area contributed by atoms with Gasteiger partial charge in [-0.15, -0.1) is 0 Å². The van der Waals surface area contributed by atoms with Crippen LogP contribution in [0, 0.1) is 5.92 Å². The van der Waals surface area contributed by atoms with Crippen LogP contribution in [0.25, 0.3) is 0 Å². The Labute approximate surface area is 200 Å². The topological polar surface area (TPSA) is 114 Å². The first-order valence-electron chi connectivity index (χ1n) is 11.6. The number of likely N-dealkylation sites (tertiary alicyclic amines) is 1. The van der Waals surface area contributed by atoms with E-state index in [1.807, 2.05) is 4.90 Å². The first-order valence-corrected chi connectivity index (χ1v) is 13.0. The van der Waals surface area contributed by atoms with Gasteiger partial charge in [0.15, 0.2) is 6.61 Å². The van der Waals surface area contributed by atoms with Gasteiger partial charge in [-0.05, 0) is 50.8 Å². The van der Waals surface area contributed by atoms with Crippen molar-refractivity contribution in [3.63, 3.8) is 0 Å². The highest BCUT2D eigenvalue weighted by Crippen LogP contribution is 2.29. The molecule has 1 aromatic rings. The highest BCUT2D eigenvalue weighted by atomic mass is 32.2. The van der Waals surface area contributed by atoms with Crippen molar-refractivity contribution in [2.75, 3.05) is 58.4 Å². The largest absolute Gasteiger partial charge is 0.466 e. The fourth-order valence-electron chi connectivity index (χ4n) is 4.20. The third-order valence-electron chi connectivity index (χ3n) is 6.21. The number of carbonyl (C=O) groups is 3. The number of esters is 2. The lowest BCUT2D eigenvalue weighted by molar-refractivity contribution is -0.151. The molecule has 0 aromatic heterocycles. The van der Waals surface area contributed by atoms with Crippen LogP contribution in [0.5, 0.6) is 0 Å². The molecule has 0 aliphatic carbocycles. The van der Waals surface area contributed by atoms with Crippen LogP contribution < -0.4 is 4.90 Å². The zero-order chi connectivity index (χ0) is 24.9. The Hall–Kier alpha value is -2.66. The summed E-state index contributed by atoms with van der Waals surface area (Å²) >= 11 is 0. The van der Waals surface area contributed by atoms with Gasteiger partial charge < -0.3 is 19.3 Å². The molecule has 34 heavy (non-hydrogen) atoms. The standard InChI is InChI=1S/C23H33N3O7S/c1-4-32-22(28)17-9-13-26(14-10-17)21(27)16-33-23(29)19-15-18(34(30,31)24(2)3)7-8-20(19)25-11-5-6-12-25/h7-8,15,17H,4-6,9-14,16H2,1-3H3. The van der Waals surface area contributed by atoms with E-state index in [4.69, 9.17) is 9.47 Å². The molecule has 0 N–H and O–H groups in total. The van der Waals surface area contributed by atoms with Crippen LogP contribution in [0.15, 0.2) is 23.1 Å². The summed E-state index contributed by atoms with van der Waals surface area (Å²) in [6.45, 7) is 3.91. The highest BCUT2D eigenvalue weighted by Gasteiger charge is 2.30. The average molecular weight is 496 g/mol. The number of hydrogen-bond acceptors (Lipinski definition) is 8. The van der Waals surface area contributed by atoms with Crippen LogP contribution in [0.3, 0.4) is 0 Å². The van der Waals surface area contributed by atoms with Crippen molar-refractivity contribution >= 4 is 33.6 Å². The van der Waals surface area contributed by atoms with Gasteiger partial charge in [-0.3, -0.25) is 9.59 Å². The molecule has 2 aliphatic heterocycles. The van der Waals surface area contributed by atoms with E-state index in [1.54, 1.807) is 17.9 Å². The molecule has 1 amide bonds. The lowest BCUT2D eigenvalue weighted by Crippen LogP contribution is -2.42. The Morgan fingerprint density at radius 2 is 1.68 bits per heavy atom. The van der Waals surface area contributed by atoms with E-state index in [-0.39, 0.29) is 28.3 Å². The molecule has 0 unspecified atom stereocenters. The van der Waals surface area contributed by atoms with Crippen molar-refractivity contribution < 1.29 is 32.3 Å². The average Bonchev–Trinajstić information content (AvgIpc) is 3.37. The quantitative estimate of drug-likeness (QED) is 0.499. The number of nitrogens with zero attached hydrogens (tertiary/aromatic N) is 3. The van der Waals surface area contributed by atoms with Crippen molar-refractivity contribution in [1.29, 1.82) is 0 Å². The van der Waals surface area contributed by atoms with Gasteiger partial charge in [-0.25, -0.2) is 17.5 Å². The second kappa shape index (κ2) is 11.2.